The van der Waals surface area contributed by atoms with Gasteiger partial charge in [0, 0.05) is 37.3 Å². The number of benzene rings is 1. The Morgan fingerprint density at radius 2 is 1.68 bits per heavy atom. The fraction of sp³-hybridized carbons (Fsp3) is 0.543. The van der Waals surface area contributed by atoms with Crippen molar-refractivity contribution in [3.05, 3.63) is 58.9 Å². The highest BCUT2D eigenvalue weighted by Crippen LogP contribution is 2.44. The van der Waals surface area contributed by atoms with E-state index in [1.54, 1.807) is 18.4 Å². The molecule has 3 saturated carbocycles. The van der Waals surface area contributed by atoms with Gasteiger partial charge in [-0.25, -0.2) is 14.8 Å². The number of thiazole rings is 1. The maximum absolute atomic E-state index is 14.2. The molecule has 2 N–H and O–H groups in total. The van der Waals surface area contributed by atoms with Crippen LogP contribution in [0.25, 0.3) is 10.4 Å². The second-order valence-electron chi connectivity index (χ2n) is 13.0. The van der Waals surface area contributed by atoms with E-state index in [9.17, 15) is 9.59 Å². The number of amides is 2. The van der Waals surface area contributed by atoms with Gasteiger partial charge in [-0.3, -0.25) is 9.69 Å². The number of hydrogen-bond acceptors (Lipinski definition) is 6. The van der Waals surface area contributed by atoms with E-state index in [0.29, 0.717) is 30.8 Å². The lowest BCUT2D eigenvalue weighted by atomic mass is 9.77. The predicted octanol–water partition coefficient (Wildman–Crippen LogP) is 7.78. The first kappa shape index (κ1) is 30.6. The zero-order valence-corrected chi connectivity index (χ0v) is 26.7. The van der Waals surface area contributed by atoms with Crippen LogP contribution in [0.15, 0.2) is 42.7 Å². The van der Waals surface area contributed by atoms with Crippen molar-refractivity contribution in [3.8, 4) is 16.2 Å². The highest BCUT2D eigenvalue weighted by atomic mass is 32.1. The minimum Gasteiger partial charge on any atom is -0.496 e. The van der Waals surface area contributed by atoms with Crippen molar-refractivity contribution in [3.63, 3.8) is 0 Å². The number of aryl methyl sites for hydroxylation is 1. The molecule has 0 unspecified atom stereocenters. The van der Waals surface area contributed by atoms with Gasteiger partial charge in [0.15, 0.2) is 0 Å². The first-order valence-electron chi connectivity index (χ1n) is 16.2. The number of carbonyl (C=O) groups excluding carboxylic acids is 1. The molecule has 2 heterocycles. The Labute approximate surface area is 264 Å². The van der Waals surface area contributed by atoms with E-state index in [1.807, 2.05) is 23.4 Å². The summed E-state index contributed by atoms with van der Waals surface area (Å²) in [6.07, 6.45) is 12.9. The molecule has 44 heavy (non-hydrogen) atoms. The average molecular weight is 617 g/mol. The van der Waals surface area contributed by atoms with Gasteiger partial charge in [0.05, 0.1) is 17.0 Å². The molecule has 0 saturated heterocycles. The summed E-state index contributed by atoms with van der Waals surface area (Å²) in [5.41, 5.74) is 3.63. The standard InChI is InChI=1S/C35H44N4O4S/c1-22-17-28(13-14-30(22)43-2)25-7-5-24(6-8-25)21-39(34(40)27-9-3-23(4-10-27)19-38-35(41)42)32-18-29(15-16-36-32)31-20-37-33(44-31)26-11-12-26/h13-18,20,23-27,38H,3-12,19,21H2,1-2H3,(H,41,42)/t23-,24-,25-,27-. The van der Waals surface area contributed by atoms with Crippen molar-refractivity contribution in [2.45, 2.75) is 83.0 Å². The third-order valence-electron chi connectivity index (χ3n) is 9.94. The lowest BCUT2D eigenvalue weighted by Gasteiger charge is -2.36. The maximum atomic E-state index is 14.2. The molecular formula is C35H44N4O4S. The maximum Gasteiger partial charge on any atom is 0.404 e. The Morgan fingerprint density at radius 1 is 0.955 bits per heavy atom. The van der Waals surface area contributed by atoms with E-state index in [2.05, 4.69) is 41.5 Å². The summed E-state index contributed by atoms with van der Waals surface area (Å²) < 4.78 is 5.47. The number of nitrogens with one attached hydrogen (secondary N) is 1. The summed E-state index contributed by atoms with van der Waals surface area (Å²) in [6, 6.07) is 10.7. The van der Waals surface area contributed by atoms with Gasteiger partial charge in [-0.05, 0) is 124 Å². The molecule has 2 aromatic heterocycles. The van der Waals surface area contributed by atoms with Gasteiger partial charge in [0.25, 0.3) is 0 Å². The van der Waals surface area contributed by atoms with E-state index < -0.39 is 6.09 Å². The van der Waals surface area contributed by atoms with Crippen molar-refractivity contribution < 1.29 is 19.4 Å². The number of carbonyl (C=O) groups is 2. The number of rotatable bonds is 10. The van der Waals surface area contributed by atoms with Crippen LogP contribution in [0, 0.1) is 24.7 Å². The third-order valence-corrected chi connectivity index (χ3v) is 11.1. The molecule has 2 amide bonds. The second-order valence-corrected chi connectivity index (χ2v) is 14.1. The van der Waals surface area contributed by atoms with E-state index in [0.717, 1.165) is 73.4 Å². The number of nitrogens with zero attached hydrogens (tertiary/aromatic N) is 3. The quantitative estimate of drug-likeness (QED) is 0.241. The lowest BCUT2D eigenvalue weighted by Crippen LogP contribution is -2.42. The summed E-state index contributed by atoms with van der Waals surface area (Å²) >= 11 is 1.76. The van der Waals surface area contributed by atoms with E-state index in [1.165, 1.54) is 29.0 Å². The van der Waals surface area contributed by atoms with Crippen molar-refractivity contribution in [2.24, 2.45) is 17.8 Å². The van der Waals surface area contributed by atoms with Crippen LogP contribution in [0.2, 0.25) is 0 Å². The largest absolute Gasteiger partial charge is 0.496 e. The first-order valence-corrected chi connectivity index (χ1v) is 17.0. The van der Waals surface area contributed by atoms with Crippen LogP contribution in [-0.2, 0) is 4.79 Å². The molecule has 3 fully saturated rings. The van der Waals surface area contributed by atoms with E-state index >= 15 is 0 Å². The van der Waals surface area contributed by atoms with Crippen LogP contribution in [-0.4, -0.2) is 47.3 Å². The summed E-state index contributed by atoms with van der Waals surface area (Å²) in [5, 5.41) is 12.7. The molecule has 3 aliphatic carbocycles. The van der Waals surface area contributed by atoms with Gasteiger partial charge in [0.1, 0.15) is 11.6 Å². The molecule has 0 aliphatic heterocycles. The Kier molecular flexibility index (Phi) is 9.50. The number of ether oxygens (including phenoxy) is 1. The van der Waals surface area contributed by atoms with Gasteiger partial charge >= 0.3 is 6.09 Å². The van der Waals surface area contributed by atoms with Gasteiger partial charge in [-0.2, -0.15) is 0 Å². The van der Waals surface area contributed by atoms with Crippen molar-refractivity contribution in [1.82, 2.24) is 15.3 Å². The minimum atomic E-state index is -0.984. The monoisotopic (exact) mass is 616 g/mol. The Bertz CT molecular complexity index is 1450. The van der Waals surface area contributed by atoms with Gasteiger partial charge < -0.3 is 15.2 Å². The zero-order chi connectivity index (χ0) is 30.6. The summed E-state index contributed by atoms with van der Waals surface area (Å²) in [4.78, 5) is 37.8. The molecule has 6 rings (SSSR count). The van der Waals surface area contributed by atoms with Crippen LogP contribution >= 0.6 is 11.3 Å². The van der Waals surface area contributed by atoms with Gasteiger partial charge in [0.2, 0.25) is 5.91 Å². The van der Waals surface area contributed by atoms with Crippen molar-refractivity contribution >= 4 is 29.2 Å². The third kappa shape index (κ3) is 7.25. The van der Waals surface area contributed by atoms with Gasteiger partial charge in [-0.15, -0.1) is 11.3 Å². The normalized spacial score (nSPS) is 23.6. The smallest absolute Gasteiger partial charge is 0.404 e. The number of carboxylic acid groups (broad SMARTS) is 1. The number of methoxy groups -OCH3 is 1. The van der Waals surface area contributed by atoms with Crippen LogP contribution < -0.4 is 15.0 Å². The Morgan fingerprint density at radius 3 is 2.36 bits per heavy atom. The number of anilines is 1. The minimum absolute atomic E-state index is 0.0648. The summed E-state index contributed by atoms with van der Waals surface area (Å²) in [6.45, 7) is 3.24. The molecule has 234 valence electrons. The molecule has 0 spiro atoms. The van der Waals surface area contributed by atoms with Crippen LogP contribution in [0.1, 0.15) is 92.2 Å². The highest BCUT2D eigenvalue weighted by Gasteiger charge is 2.34. The second kappa shape index (κ2) is 13.7. The fourth-order valence-corrected chi connectivity index (χ4v) is 8.20. The van der Waals surface area contributed by atoms with Crippen molar-refractivity contribution in [1.29, 1.82) is 0 Å². The number of aromatic nitrogens is 2. The lowest BCUT2D eigenvalue weighted by molar-refractivity contribution is -0.123. The molecule has 8 nitrogen and oxygen atoms in total. The average Bonchev–Trinajstić information content (AvgIpc) is 3.78. The van der Waals surface area contributed by atoms with Gasteiger partial charge in [-0.1, -0.05) is 12.1 Å². The van der Waals surface area contributed by atoms with E-state index in [4.69, 9.17) is 14.8 Å². The molecular weight excluding hydrogens is 572 g/mol. The molecule has 0 atom stereocenters. The van der Waals surface area contributed by atoms with Crippen molar-refractivity contribution in [2.75, 3.05) is 25.1 Å². The highest BCUT2D eigenvalue weighted by molar-refractivity contribution is 7.15. The van der Waals surface area contributed by atoms with Crippen LogP contribution in [0.3, 0.4) is 0 Å². The predicted molar refractivity (Wildman–Crippen MR) is 174 cm³/mol. The van der Waals surface area contributed by atoms with Crippen LogP contribution in [0.5, 0.6) is 5.75 Å². The molecule has 9 heteroatoms. The van der Waals surface area contributed by atoms with E-state index in [-0.39, 0.29) is 17.7 Å². The zero-order valence-electron chi connectivity index (χ0n) is 25.8. The number of pyridine rings is 1. The SMILES string of the molecule is COc1ccc([C@H]2CC[C@H](CN(c3cc(-c4cnc(C5CC5)s4)ccn3)C(=O)[C@H]3CC[C@H](CNC(=O)O)CC3)CC2)cc1C. The van der Waals surface area contributed by atoms with Crippen LogP contribution in [0.4, 0.5) is 10.6 Å². The molecule has 0 bridgehead atoms. The summed E-state index contributed by atoms with van der Waals surface area (Å²) in [7, 11) is 1.72. The molecule has 1 aromatic carbocycles. The topological polar surface area (TPSA) is 105 Å². The molecule has 3 aliphatic rings. The Hall–Kier alpha value is -3.46. The number of hydrogen-bond donors (Lipinski definition) is 2. The first-order chi connectivity index (χ1) is 21.4. The summed E-state index contributed by atoms with van der Waals surface area (Å²) in [5.74, 6) is 3.61. The Balaban J connectivity index is 1.17. The molecule has 3 aromatic rings. The fourth-order valence-electron chi connectivity index (χ4n) is 7.11. The molecule has 0 radical (unpaired) electrons.